The molecule has 0 aliphatic carbocycles. The summed E-state index contributed by atoms with van der Waals surface area (Å²) in [5, 5.41) is 0. The zero-order valence-electron chi connectivity index (χ0n) is 11.6. The van der Waals surface area contributed by atoms with Crippen molar-refractivity contribution < 1.29 is 8.95 Å². The van der Waals surface area contributed by atoms with Gasteiger partial charge in [-0.05, 0) is 12.5 Å². The Balaban J connectivity index is 2.35. The molecule has 2 rings (SSSR count). The monoisotopic (exact) mass is 315 g/mol. The van der Waals surface area contributed by atoms with Crippen molar-refractivity contribution in [1.82, 2.24) is 14.5 Å². The van der Waals surface area contributed by atoms with Gasteiger partial charge in [0.15, 0.2) is 5.65 Å². The summed E-state index contributed by atoms with van der Waals surface area (Å²) < 4.78 is 18.4. The lowest BCUT2D eigenvalue weighted by atomic mass is 10.4. The average molecular weight is 316 g/mol. The molecule has 0 aliphatic heterocycles. The van der Waals surface area contributed by atoms with Crippen LogP contribution in [0.25, 0.3) is 11.2 Å². The number of nitrogens with zero attached hydrogens (tertiary/aromatic N) is 3. The minimum absolute atomic E-state index is 0.514. The Morgan fingerprint density at radius 2 is 2.20 bits per heavy atom. The van der Waals surface area contributed by atoms with Gasteiger partial charge in [-0.3, -0.25) is 4.21 Å². The van der Waals surface area contributed by atoms with Gasteiger partial charge in [0.2, 0.25) is 5.88 Å². The van der Waals surface area contributed by atoms with E-state index in [2.05, 4.69) is 9.97 Å². The molecule has 0 aliphatic rings. The maximum absolute atomic E-state index is 11.2. The smallest absolute Gasteiger partial charge is 0.215 e. The number of halogens is 1. The predicted octanol–water partition coefficient (Wildman–Crippen LogP) is 1.99. The molecular formula is C13H18ClN3O2S. The summed E-state index contributed by atoms with van der Waals surface area (Å²) >= 11 is 5.83. The topological polar surface area (TPSA) is 57.0 Å². The quantitative estimate of drug-likeness (QED) is 0.733. The van der Waals surface area contributed by atoms with Gasteiger partial charge < -0.3 is 9.30 Å². The number of rotatable bonds is 7. The van der Waals surface area contributed by atoms with Gasteiger partial charge in [0.05, 0.1) is 7.11 Å². The third-order valence-corrected chi connectivity index (χ3v) is 4.04. The van der Waals surface area contributed by atoms with Crippen molar-refractivity contribution in [1.29, 1.82) is 0 Å². The standard InChI is InChI=1S/C13H18ClN3O2S/c1-19-12-5-4-10-13(16-12)17(8-3-9-20(2)18)11(15-10)6-7-14/h4-5H,3,6-9H2,1-2H3. The number of hydrogen-bond acceptors (Lipinski definition) is 4. The summed E-state index contributed by atoms with van der Waals surface area (Å²) in [7, 11) is 0.810. The highest BCUT2D eigenvalue weighted by molar-refractivity contribution is 7.84. The van der Waals surface area contributed by atoms with Crippen molar-refractivity contribution in [2.24, 2.45) is 0 Å². The molecule has 0 saturated carbocycles. The lowest BCUT2D eigenvalue weighted by Crippen LogP contribution is -2.08. The van der Waals surface area contributed by atoms with E-state index in [0.717, 1.165) is 30.0 Å². The number of alkyl halides is 1. The Bertz CT molecular complexity index is 615. The van der Waals surface area contributed by atoms with E-state index >= 15 is 0 Å². The van der Waals surface area contributed by atoms with Crippen molar-refractivity contribution in [3.05, 3.63) is 18.0 Å². The lowest BCUT2D eigenvalue weighted by molar-refractivity contribution is 0.399. The van der Waals surface area contributed by atoms with Crippen LogP contribution in [-0.4, -0.2) is 43.7 Å². The molecule has 0 aromatic carbocycles. The number of ether oxygens (including phenoxy) is 1. The highest BCUT2D eigenvalue weighted by Crippen LogP contribution is 2.19. The van der Waals surface area contributed by atoms with Crippen LogP contribution in [0.2, 0.25) is 0 Å². The third kappa shape index (κ3) is 3.49. The SMILES string of the molecule is COc1ccc2nc(CCCl)n(CCCS(C)=O)c2n1. The Labute approximate surface area is 125 Å². The summed E-state index contributed by atoms with van der Waals surface area (Å²) in [5.41, 5.74) is 1.63. The van der Waals surface area contributed by atoms with E-state index in [1.165, 1.54) is 0 Å². The fraction of sp³-hybridized carbons (Fsp3) is 0.538. The molecule has 7 heteroatoms. The number of aromatic nitrogens is 3. The molecule has 0 radical (unpaired) electrons. The molecule has 20 heavy (non-hydrogen) atoms. The molecule has 2 aromatic rings. The highest BCUT2D eigenvalue weighted by Gasteiger charge is 2.12. The molecule has 0 spiro atoms. The molecule has 1 unspecified atom stereocenters. The molecule has 0 fully saturated rings. The fourth-order valence-electron chi connectivity index (χ4n) is 2.08. The second kappa shape index (κ2) is 7.04. The summed E-state index contributed by atoms with van der Waals surface area (Å²) in [6, 6.07) is 3.69. The molecule has 110 valence electrons. The Kier molecular flexibility index (Phi) is 5.37. The van der Waals surface area contributed by atoms with E-state index in [1.54, 1.807) is 19.4 Å². The summed E-state index contributed by atoms with van der Waals surface area (Å²) in [6.45, 7) is 0.739. The lowest BCUT2D eigenvalue weighted by Gasteiger charge is -2.07. The van der Waals surface area contributed by atoms with Gasteiger partial charge in [0, 0.05) is 47.7 Å². The highest BCUT2D eigenvalue weighted by atomic mass is 35.5. The maximum Gasteiger partial charge on any atom is 0.215 e. The molecule has 0 N–H and O–H groups in total. The minimum atomic E-state index is -0.782. The van der Waals surface area contributed by atoms with Gasteiger partial charge in [-0.1, -0.05) is 0 Å². The number of fused-ring (bicyclic) bond motifs is 1. The molecule has 5 nitrogen and oxygen atoms in total. The van der Waals surface area contributed by atoms with E-state index in [-0.39, 0.29) is 0 Å². The Hall–Kier alpha value is -1.14. The van der Waals surface area contributed by atoms with Crippen molar-refractivity contribution in [3.8, 4) is 5.88 Å². The second-order valence-corrected chi connectivity index (χ2v) is 6.38. The predicted molar refractivity (Wildman–Crippen MR) is 82.1 cm³/mol. The molecular weight excluding hydrogens is 298 g/mol. The molecule has 2 heterocycles. The van der Waals surface area contributed by atoms with Gasteiger partial charge in [-0.25, -0.2) is 4.98 Å². The van der Waals surface area contributed by atoms with Crippen LogP contribution in [0.3, 0.4) is 0 Å². The average Bonchev–Trinajstić information content (AvgIpc) is 2.76. The fourth-order valence-corrected chi connectivity index (χ4v) is 2.79. The molecule has 0 bridgehead atoms. The Morgan fingerprint density at radius 3 is 2.85 bits per heavy atom. The first-order chi connectivity index (χ1) is 9.65. The van der Waals surface area contributed by atoms with E-state index in [4.69, 9.17) is 16.3 Å². The van der Waals surface area contributed by atoms with Crippen LogP contribution in [0.1, 0.15) is 12.2 Å². The van der Waals surface area contributed by atoms with Crippen LogP contribution in [-0.2, 0) is 23.8 Å². The second-order valence-electron chi connectivity index (χ2n) is 4.45. The first-order valence-corrected chi connectivity index (χ1v) is 8.68. The van der Waals surface area contributed by atoms with E-state index in [9.17, 15) is 4.21 Å². The van der Waals surface area contributed by atoms with Crippen molar-refractivity contribution in [2.45, 2.75) is 19.4 Å². The van der Waals surface area contributed by atoms with Gasteiger partial charge in [-0.2, -0.15) is 4.98 Å². The van der Waals surface area contributed by atoms with Crippen molar-refractivity contribution in [3.63, 3.8) is 0 Å². The number of imidazole rings is 1. The number of methoxy groups -OCH3 is 1. The van der Waals surface area contributed by atoms with Crippen molar-refractivity contribution >= 4 is 33.6 Å². The van der Waals surface area contributed by atoms with E-state index < -0.39 is 10.8 Å². The zero-order valence-corrected chi connectivity index (χ0v) is 13.2. The van der Waals surface area contributed by atoms with Gasteiger partial charge in [0.1, 0.15) is 11.3 Å². The summed E-state index contributed by atoms with van der Waals surface area (Å²) in [6.07, 6.45) is 3.23. The largest absolute Gasteiger partial charge is 0.481 e. The maximum atomic E-state index is 11.2. The van der Waals surface area contributed by atoms with Gasteiger partial charge >= 0.3 is 0 Å². The summed E-state index contributed by atoms with van der Waals surface area (Å²) in [5.74, 6) is 2.66. The first-order valence-electron chi connectivity index (χ1n) is 6.42. The Morgan fingerprint density at radius 1 is 1.40 bits per heavy atom. The molecule has 2 aromatic heterocycles. The number of hydrogen-bond donors (Lipinski definition) is 0. The van der Waals surface area contributed by atoms with Crippen LogP contribution in [0.5, 0.6) is 5.88 Å². The van der Waals surface area contributed by atoms with Crippen LogP contribution >= 0.6 is 11.6 Å². The van der Waals surface area contributed by atoms with Gasteiger partial charge in [0.25, 0.3) is 0 Å². The van der Waals surface area contributed by atoms with Crippen LogP contribution < -0.4 is 4.74 Å². The van der Waals surface area contributed by atoms with Crippen LogP contribution in [0.15, 0.2) is 12.1 Å². The first kappa shape index (κ1) is 15.3. The molecule has 0 amide bonds. The molecule has 0 saturated heterocycles. The van der Waals surface area contributed by atoms with Crippen LogP contribution in [0.4, 0.5) is 0 Å². The molecule has 1 atom stereocenters. The normalized spacial score (nSPS) is 12.8. The van der Waals surface area contributed by atoms with Crippen LogP contribution in [0, 0.1) is 0 Å². The van der Waals surface area contributed by atoms with Crippen molar-refractivity contribution in [2.75, 3.05) is 25.0 Å². The number of pyridine rings is 1. The minimum Gasteiger partial charge on any atom is -0.481 e. The number of aryl methyl sites for hydroxylation is 2. The van der Waals surface area contributed by atoms with E-state index in [0.29, 0.717) is 23.9 Å². The van der Waals surface area contributed by atoms with Gasteiger partial charge in [-0.15, -0.1) is 11.6 Å². The zero-order chi connectivity index (χ0) is 14.5. The third-order valence-electron chi connectivity index (χ3n) is 2.99. The van der Waals surface area contributed by atoms with E-state index in [1.807, 2.05) is 10.6 Å². The summed E-state index contributed by atoms with van der Waals surface area (Å²) in [4.78, 5) is 9.01.